The lowest BCUT2D eigenvalue weighted by Crippen LogP contribution is -1.94. The molecule has 198 valence electrons. The molecule has 4 heterocycles. The Morgan fingerprint density at radius 2 is 1.39 bits per heavy atom. The highest BCUT2D eigenvalue weighted by molar-refractivity contribution is 14.1. The van der Waals surface area contributed by atoms with Crippen LogP contribution in [0.1, 0.15) is 11.3 Å². The minimum absolute atomic E-state index is 0.659. The van der Waals surface area contributed by atoms with Gasteiger partial charge in [-0.2, -0.15) is 0 Å². The predicted octanol–water partition coefficient (Wildman–Crippen LogP) is 10.2. The first-order valence-electron chi connectivity index (χ1n) is 12.8. The first-order chi connectivity index (χ1) is 20.1. The molecule has 1 aliphatic rings. The molecule has 1 aliphatic carbocycles. The molecule has 7 aromatic rings. The van der Waals surface area contributed by atoms with Gasteiger partial charge in [-0.05, 0) is 65.1 Å². The van der Waals surface area contributed by atoms with Gasteiger partial charge in [-0.25, -0.2) is 9.97 Å². The molecule has 3 aromatic carbocycles. The van der Waals surface area contributed by atoms with Gasteiger partial charge in [0.2, 0.25) is 0 Å². The number of nitrogens with zero attached hydrogens (tertiary/aromatic N) is 3. The Labute approximate surface area is 261 Å². The van der Waals surface area contributed by atoms with E-state index in [1.165, 1.54) is 8.96 Å². The van der Waals surface area contributed by atoms with E-state index in [1.54, 1.807) is 12.4 Å². The number of para-hydroxylation sites is 2. The van der Waals surface area contributed by atoms with E-state index in [0.29, 0.717) is 10.0 Å². The van der Waals surface area contributed by atoms with Gasteiger partial charge in [0.05, 0.1) is 27.0 Å². The molecule has 41 heavy (non-hydrogen) atoms. The van der Waals surface area contributed by atoms with Crippen molar-refractivity contribution in [2.45, 2.75) is 0 Å². The van der Waals surface area contributed by atoms with Crippen LogP contribution in [0.4, 0.5) is 0 Å². The van der Waals surface area contributed by atoms with Crippen molar-refractivity contribution in [3.05, 3.63) is 146 Å². The van der Waals surface area contributed by atoms with Crippen LogP contribution < -0.4 is 0 Å². The van der Waals surface area contributed by atoms with Gasteiger partial charge in [0.25, 0.3) is 0 Å². The van der Waals surface area contributed by atoms with Crippen LogP contribution in [0, 0.1) is 9.65 Å². The molecule has 0 radical (unpaired) electrons. The van der Waals surface area contributed by atoms with E-state index in [4.69, 9.17) is 23.2 Å². The van der Waals surface area contributed by atoms with Crippen molar-refractivity contribution in [2.24, 2.45) is 0 Å². The monoisotopic (exact) mass is 683 g/mol. The highest BCUT2D eigenvalue weighted by Crippen LogP contribution is 2.32. The summed E-state index contributed by atoms with van der Waals surface area (Å²) in [6.45, 7) is 0. The summed E-state index contributed by atoms with van der Waals surface area (Å²) in [4.78, 5) is 11.9. The highest BCUT2D eigenvalue weighted by Gasteiger charge is 2.17. The van der Waals surface area contributed by atoms with Crippen LogP contribution in [0.15, 0.2) is 116 Å². The van der Waals surface area contributed by atoms with Crippen LogP contribution in [0.2, 0.25) is 10.0 Å². The lowest BCUT2D eigenvalue weighted by molar-refractivity contribution is 1.14. The van der Waals surface area contributed by atoms with Crippen molar-refractivity contribution in [2.75, 3.05) is 0 Å². The molecule has 0 spiro atoms. The van der Waals surface area contributed by atoms with Crippen molar-refractivity contribution < 1.29 is 0 Å². The SMILES string of the molecule is Clc1cnc2[nH]c3c(c2c1)C=C[C+]=C3.Clc1cnc2c(c1)c1ccccc1n2-c1ccccc1.Ic1ccccc1. The minimum atomic E-state index is 0.659. The molecule has 0 saturated heterocycles. The van der Waals surface area contributed by atoms with Gasteiger partial charge in [0, 0.05) is 38.5 Å². The number of benzene rings is 3. The fourth-order valence-corrected chi connectivity index (χ4v) is 5.44. The largest absolute Gasteiger partial charge is 0.294 e. The molecular formula is C34H22Cl2IN4+. The molecule has 0 amide bonds. The molecule has 4 aromatic heterocycles. The minimum Gasteiger partial charge on any atom is -0.294 e. The average molecular weight is 684 g/mol. The van der Waals surface area contributed by atoms with Gasteiger partial charge >= 0.3 is 0 Å². The van der Waals surface area contributed by atoms with Gasteiger partial charge in [0.1, 0.15) is 23.4 Å². The van der Waals surface area contributed by atoms with Gasteiger partial charge < -0.3 is 0 Å². The van der Waals surface area contributed by atoms with Crippen molar-refractivity contribution in [3.8, 4) is 5.69 Å². The van der Waals surface area contributed by atoms with Crippen molar-refractivity contribution in [1.82, 2.24) is 19.5 Å². The molecule has 4 nitrogen and oxygen atoms in total. The molecule has 8 rings (SSSR count). The number of allylic oxidation sites excluding steroid dienone is 2. The third-order valence-electron chi connectivity index (χ3n) is 6.49. The van der Waals surface area contributed by atoms with E-state index < -0.39 is 0 Å². The maximum Gasteiger partial charge on any atom is 0.160 e. The van der Waals surface area contributed by atoms with Gasteiger partial charge in [-0.1, -0.05) is 77.8 Å². The number of nitrogens with one attached hydrogen (secondary N) is 1. The summed E-state index contributed by atoms with van der Waals surface area (Å²) in [5, 5.41) is 4.62. The fourth-order valence-electron chi connectivity index (χ4n) is 4.71. The van der Waals surface area contributed by atoms with E-state index >= 15 is 0 Å². The number of hydrogen-bond acceptors (Lipinski definition) is 2. The van der Waals surface area contributed by atoms with Crippen molar-refractivity contribution in [3.63, 3.8) is 0 Å². The van der Waals surface area contributed by atoms with Crippen LogP contribution in [0.5, 0.6) is 0 Å². The van der Waals surface area contributed by atoms with Gasteiger partial charge in [-0.15, -0.1) is 0 Å². The highest BCUT2D eigenvalue weighted by atomic mass is 127. The van der Waals surface area contributed by atoms with Crippen LogP contribution >= 0.6 is 45.8 Å². The van der Waals surface area contributed by atoms with Gasteiger partial charge in [-0.3, -0.25) is 9.55 Å². The summed E-state index contributed by atoms with van der Waals surface area (Å²) in [5.41, 5.74) is 6.22. The van der Waals surface area contributed by atoms with Crippen LogP contribution in [0.25, 0.3) is 50.8 Å². The van der Waals surface area contributed by atoms with Gasteiger partial charge in [0.15, 0.2) is 11.3 Å². The van der Waals surface area contributed by atoms with Crippen molar-refractivity contribution in [1.29, 1.82) is 0 Å². The summed E-state index contributed by atoms with van der Waals surface area (Å²) in [6.07, 6.45) is 12.2. The molecule has 7 heteroatoms. The maximum absolute atomic E-state index is 6.10. The Kier molecular flexibility index (Phi) is 8.12. The van der Waals surface area contributed by atoms with Crippen LogP contribution in [-0.2, 0) is 0 Å². The Hall–Kier alpha value is -4.00. The molecular weight excluding hydrogens is 662 g/mol. The van der Waals surface area contributed by atoms with E-state index in [2.05, 4.69) is 84.6 Å². The standard InChI is InChI=1S/C17H11ClN2.C11H6ClN2.C6H5I/c18-12-10-15-14-8-4-5-9-16(14)20(17(15)19-11-12)13-6-2-1-3-7-13;12-7-5-9-8-3-1-2-4-10(8)14-11(9)13-6-7;7-6-4-2-1-3-5-6/h1-11H;1,3-6H,(H,13,14);1-5H/q;+1;. The van der Waals surface area contributed by atoms with E-state index in [0.717, 1.165) is 44.5 Å². The number of pyridine rings is 2. The Morgan fingerprint density at radius 1 is 0.732 bits per heavy atom. The zero-order valence-electron chi connectivity index (χ0n) is 21.6. The van der Waals surface area contributed by atoms with Crippen LogP contribution in [-0.4, -0.2) is 19.5 Å². The number of rotatable bonds is 1. The molecule has 0 atom stereocenters. The predicted molar refractivity (Wildman–Crippen MR) is 181 cm³/mol. The first-order valence-corrected chi connectivity index (χ1v) is 14.7. The molecule has 0 unspecified atom stereocenters. The second-order valence-electron chi connectivity index (χ2n) is 9.15. The second kappa shape index (κ2) is 12.2. The molecule has 0 bridgehead atoms. The zero-order valence-corrected chi connectivity index (χ0v) is 25.3. The smallest absolute Gasteiger partial charge is 0.160 e. The number of hydrogen-bond donors (Lipinski definition) is 1. The van der Waals surface area contributed by atoms with Crippen molar-refractivity contribution >= 4 is 90.9 Å². The summed E-state index contributed by atoms with van der Waals surface area (Å²) in [7, 11) is 0. The number of halogens is 3. The summed E-state index contributed by atoms with van der Waals surface area (Å²) in [6, 6.07) is 32.7. The lowest BCUT2D eigenvalue weighted by atomic mass is 10.1. The number of aromatic nitrogens is 4. The van der Waals surface area contributed by atoms with Crippen LogP contribution in [0.3, 0.4) is 0 Å². The topological polar surface area (TPSA) is 46.5 Å². The maximum atomic E-state index is 6.10. The fraction of sp³-hybridized carbons (Fsp3) is 0. The second-order valence-corrected chi connectivity index (χ2v) is 11.3. The molecule has 0 aliphatic heterocycles. The quantitative estimate of drug-likeness (QED) is 0.138. The lowest BCUT2D eigenvalue weighted by Gasteiger charge is -2.06. The molecule has 0 saturated carbocycles. The average Bonchev–Trinajstić information content (AvgIpc) is 3.54. The third kappa shape index (κ3) is 5.90. The van der Waals surface area contributed by atoms with E-state index in [9.17, 15) is 0 Å². The summed E-state index contributed by atoms with van der Waals surface area (Å²) >= 11 is 14.3. The molecule has 1 N–H and O–H groups in total. The zero-order chi connectivity index (χ0) is 28.2. The summed E-state index contributed by atoms with van der Waals surface area (Å²) in [5.74, 6) is 0. The number of H-pyrrole nitrogens is 1. The Morgan fingerprint density at radius 3 is 2.12 bits per heavy atom. The molecule has 0 fully saturated rings. The summed E-state index contributed by atoms with van der Waals surface area (Å²) < 4.78 is 3.46. The number of aromatic amines is 1. The first kappa shape index (κ1) is 27.2. The van der Waals surface area contributed by atoms with E-state index in [1.807, 2.05) is 78.9 Å². The Balaban J connectivity index is 0.000000124. The van der Waals surface area contributed by atoms with E-state index in [-0.39, 0.29) is 0 Å². The number of fused-ring (bicyclic) bond motifs is 6. The third-order valence-corrected chi connectivity index (χ3v) is 7.62. The normalized spacial score (nSPS) is 11.4. The Bertz CT molecular complexity index is 2030.